The molecule has 2 heterocycles. The molecular weight excluding hydrogens is 220 g/mol. The van der Waals surface area contributed by atoms with Crippen molar-refractivity contribution in [1.82, 2.24) is 14.8 Å². The average Bonchev–Trinajstić information content (AvgIpc) is 2.73. The maximum absolute atomic E-state index is 6.16. The summed E-state index contributed by atoms with van der Waals surface area (Å²) in [6.45, 7) is 3.98. The van der Waals surface area contributed by atoms with E-state index in [2.05, 4.69) is 15.5 Å². The molecule has 0 amide bonds. The summed E-state index contributed by atoms with van der Waals surface area (Å²) in [7, 11) is 1.93. The molecule has 0 aliphatic carbocycles. The van der Waals surface area contributed by atoms with Crippen LogP contribution < -0.4 is 5.73 Å². The van der Waals surface area contributed by atoms with E-state index in [1.807, 2.05) is 31.6 Å². The van der Waals surface area contributed by atoms with E-state index in [9.17, 15) is 0 Å². The van der Waals surface area contributed by atoms with Crippen LogP contribution in [0.5, 0.6) is 0 Å². The molecule has 0 aromatic carbocycles. The van der Waals surface area contributed by atoms with Gasteiger partial charge in [0, 0.05) is 24.5 Å². The minimum atomic E-state index is -0.0308. The quantitative estimate of drug-likeness (QED) is 0.883. The number of rotatable bonds is 3. The fourth-order valence-corrected chi connectivity index (χ4v) is 2.60. The Kier molecular flexibility index (Phi) is 3.07. The third kappa shape index (κ3) is 2.31. The Hall–Kier alpha value is -1.20. The zero-order valence-corrected chi connectivity index (χ0v) is 10.6. The van der Waals surface area contributed by atoms with E-state index in [1.54, 1.807) is 11.3 Å². The van der Waals surface area contributed by atoms with Gasteiger partial charge in [0.1, 0.15) is 0 Å². The predicted octanol–water partition coefficient (Wildman–Crippen LogP) is 1.74. The number of hydrogen-bond donors (Lipinski definition) is 1. The molecule has 0 aliphatic rings. The van der Waals surface area contributed by atoms with Crippen LogP contribution in [0.2, 0.25) is 0 Å². The molecule has 1 atom stereocenters. The summed E-state index contributed by atoms with van der Waals surface area (Å²) in [5, 5.41) is 7.44. The van der Waals surface area contributed by atoms with Crippen molar-refractivity contribution in [3.8, 4) is 0 Å². The second kappa shape index (κ2) is 4.35. The number of nitrogens with two attached hydrogens (primary N) is 1. The Morgan fingerprint density at radius 1 is 1.44 bits per heavy atom. The van der Waals surface area contributed by atoms with Gasteiger partial charge in [0.2, 0.25) is 0 Å². The van der Waals surface area contributed by atoms with Crippen LogP contribution in [0, 0.1) is 13.8 Å². The number of thiazole rings is 1. The van der Waals surface area contributed by atoms with Crippen LogP contribution in [0.3, 0.4) is 0 Å². The highest BCUT2D eigenvalue weighted by atomic mass is 32.1. The second-order valence-electron chi connectivity index (χ2n) is 4.03. The van der Waals surface area contributed by atoms with Gasteiger partial charge in [-0.1, -0.05) is 0 Å². The molecule has 0 spiro atoms. The van der Waals surface area contributed by atoms with Crippen molar-refractivity contribution in [1.29, 1.82) is 0 Å². The second-order valence-corrected chi connectivity index (χ2v) is 4.97. The van der Waals surface area contributed by atoms with E-state index in [0.717, 1.165) is 28.5 Å². The molecule has 2 aromatic heterocycles. The van der Waals surface area contributed by atoms with Crippen LogP contribution in [0.4, 0.5) is 0 Å². The predicted molar refractivity (Wildman–Crippen MR) is 65.4 cm³/mol. The zero-order valence-electron chi connectivity index (χ0n) is 9.77. The molecule has 4 nitrogen and oxygen atoms in total. The lowest BCUT2D eigenvalue weighted by Crippen LogP contribution is -2.17. The molecular formula is C11H16N4S. The van der Waals surface area contributed by atoms with Crippen LogP contribution in [0.25, 0.3) is 0 Å². The first-order valence-electron chi connectivity index (χ1n) is 5.23. The molecule has 2 rings (SSSR count). The normalized spacial score (nSPS) is 13.0. The zero-order chi connectivity index (χ0) is 11.7. The SMILES string of the molecule is Cc1csc(CC(N)c2cc(C)nn2C)n1. The van der Waals surface area contributed by atoms with Crippen LogP contribution in [-0.2, 0) is 13.5 Å². The van der Waals surface area contributed by atoms with Crippen LogP contribution in [0.15, 0.2) is 11.4 Å². The standard InChI is InChI=1S/C11H16N4S/c1-7-4-10(15(3)14-7)9(12)5-11-13-8(2)6-16-11/h4,6,9H,5,12H2,1-3H3. The number of nitrogens with zero attached hydrogens (tertiary/aromatic N) is 3. The molecule has 2 aromatic rings. The molecule has 86 valence electrons. The first-order valence-corrected chi connectivity index (χ1v) is 6.11. The van der Waals surface area contributed by atoms with Crippen molar-refractivity contribution in [3.05, 3.63) is 33.5 Å². The summed E-state index contributed by atoms with van der Waals surface area (Å²) in [5.74, 6) is 0. The van der Waals surface area contributed by atoms with Gasteiger partial charge in [-0.15, -0.1) is 11.3 Å². The molecule has 0 aliphatic heterocycles. The molecule has 0 radical (unpaired) electrons. The topological polar surface area (TPSA) is 56.7 Å². The number of hydrogen-bond acceptors (Lipinski definition) is 4. The van der Waals surface area contributed by atoms with E-state index in [1.165, 1.54) is 0 Å². The number of aromatic nitrogens is 3. The van der Waals surface area contributed by atoms with Gasteiger partial charge >= 0.3 is 0 Å². The molecule has 0 saturated carbocycles. The van der Waals surface area contributed by atoms with Gasteiger partial charge in [-0.25, -0.2) is 4.98 Å². The highest BCUT2D eigenvalue weighted by Crippen LogP contribution is 2.18. The van der Waals surface area contributed by atoms with Gasteiger partial charge in [0.15, 0.2) is 0 Å². The summed E-state index contributed by atoms with van der Waals surface area (Å²) in [6.07, 6.45) is 0.775. The van der Waals surface area contributed by atoms with Gasteiger partial charge in [0.25, 0.3) is 0 Å². The molecule has 16 heavy (non-hydrogen) atoms. The van der Waals surface area contributed by atoms with Gasteiger partial charge in [-0.05, 0) is 19.9 Å². The van der Waals surface area contributed by atoms with Crippen molar-refractivity contribution >= 4 is 11.3 Å². The minimum Gasteiger partial charge on any atom is -0.322 e. The highest BCUT2D eigenvalue weighted by molar-refractivity contribution is 7.09. The Morgan fingerprint density at radius 3 is 2.69 bits per heavy atom. The maximum Gasteiger partial charge on any atom is 0.0947 e. The first kappa shape index (κ1) is 11.3. The molecule has 1 unspecified atom stereocenters. The van der Waals surface area contributed by atoms with Crippen molar-refractivity contribution in [2.75, 3.05) is 0 Å². The highest BCUT2D eigenvalue weighted by Gasteiger charge is 2.13. The van der Waals surface area contributed by atoms with E-state index in [0.29, 0.717) is 0 Å². The van der Waals surface area contributed by atoms with E-state index < -0.39 is 0 Å². The lowest BCUT2D eigenvalue weighted by molar-refractivity contribution is 0.614. The Labute approximate surface area is 99.1 Å². The molecule has 0 fully saturated rings. The molecule has 0 bridgehead atoms. The van der Waals surface area contributed by atoms with Crippen molar-refractivity contribution in [2.24, 2.45) is 12.8 Å². The maximum atomic E-state index is 6.16. The average molecular weight is 236 g/mol. The van der Waals surface area contributed by atoms with Gasteiger partial charge < -0.3 is 5.73 Å². The fourth-order valence-electron chi connectivity index (χ4n) is 1.77. The lowest BCUT2D eigenvalue weighted by Gasteiger charge is -2.09. The summed E-state index contributed by atoms with van der Waals surface area (Å²) in [5.41, 5.74) is 9.28. The monoisotopic (exact) mass is 236 g/mol. The van der Waals surface area contributed by atoms with Crippen molar-refractivity contribution in [2.45, 2.75) is 26.3 Å². The Morgan fingerprint density at radius 2 is 2.19 bits per heavy atom. The van der Waals surface area contributed by atoms with Gasteiger partial charge in [-0.2, -0.15) is 5.10 Å². The first-order chi connectivity index (χ1) is 7.56. The number of aryl methyl sites for hydroxylation is 3. The summed E-state index contributed by atoms with van der Waals surface area (Å²) < 4.78 is 1.85. The van der Waals surface area contributed by atoms with E-state index >= 15 is 0 Å². The van der Waals surface area contributed by atoms with Crippen molar-refractivity contribution in [3.63, 3.8) is 0 Å². The third-order valence-corrected chi connectivity index (χ3v) is 3.47. The van der Waals surface area contributed by atoms with Crippen LogP contribution in [0.1, 0.15) is 28.1 Å². The van der Waals surface area contributed by atoms with Crippen LogP contribution >= 0.6 is 11.3 Å². The summed E-state index contributed by atoms with van der Waals surface area (Å²) in [4.78, 5) is 4.42. The largest absolute Gasteiger partial charge is 0.322 e. The van der Waals surface area contributed by atoms with E-state index in [-0.39, 0.29) is 6.04 Å². The van der Waals surface area contributed by atoms with Gasteiger partial charge in [-0.3, -0.25) is 4.68 Å². The lowest BCUT2D eigenvalue weighted by atomic mass is 10.1. The van der Waals surface area contributed by atoms with E-state index in [4.69, 9.17) is 5.73 Å². The summed E-state index contributed by atoms with van der Waals surface area (Å²) in [6, 6.07) is 2.00. The molecule has 0 saturated heterocycles. The third-order valence-electron chi connectivity index (χ3n) is 2.48. The van der Waals surface area contributed by atoms with Crippen LogP contribution in [-0.4, -0.2) is 14.8 Å². The smallest absolute Gasteiger partial charge is 0.0947 e. The summed E-state index contributed by atoms with van der Waals surface area (Å²) >= 11 is 1.66. The Balaban J connectivity index is 2.14. The molecule has 2 N–H and O–H groups in total. The Bertz CT molecular complexity index is 486. The van der Waals surface area contributed by atoms with Crippen molar-refractivity contribution < 1.29 is 0 Å². The minimum absolute atomic E-state index is 0.0308. The fraction of sp³-hybridized carbons (Fsp3) is 0.455. The molecule has 5 heteroatoms. The van der Waals surface area contributed by atoms with Gasteiger partial charge in [0.05, 0.1) is 22.4 Å².